The van der Waals surface area contributed by atoms with E-state index >= 15 is 0 Å². The van der Waals surface area contributed by atoms with Crippen LogP contribution in [-0.2, 0) is 19.1 Å². The van der Waals surface area contributed by atoms with E-state index in [1.54, 1.807) is 6.92 Å². The van der Waals surface area contributed by atoms with Gasteiger partial charge >= 0.3 is 5.97 Å². The van der Waals surface area contributed by atoms with Gasteiger partial charge in [0, 0.05) is 0 Å². The summed E-state index contributed by atoms with van der Waals surface area (Å²) in [5, 5.41) is -0.128. The minimum absolute atomic E-state index is 0.115. The number of thioether (sulfide) groups is 1. The van der Waals surface area contributed by atoms with E-state index in [1.165, 1.54) is 16.7 Å². The minimum atomic E-state index is -0.994. The van der Waals surface area contributed by atoms with Gasteiger partial charge in [0.25, 0.3) is 0 Å². The predicted molar refractivity (Wildman–Crippen MR) is 102 cm³/mol. The Morgan fingerprint density at radius 2 is 1.70 bits per heavy atom. The van der Waals surface area contributed by atoms with E-state index in [0.29, 0.717) is 6.42 Å². The summed E-state index contributed by atoms with van der Waals surface area (Å²) < 4.78 is 4.91. The normalized spacial score (nSPS) is 26.4. The van der Waals surface area contributed by atoms with E-state index in [9.17, 15) is 14.4 Å². The van der Waals surface area contributed by atoms with Crippen molar-refractivity contribution in [3.05, 3.63) is 71.8 Å². The number of hydrogen-bond acceptors (Lipinski definition) is 5. The molecule has 0 aliphatic carbocycles. The van der Waals surface area contributed by atoms with Crippen LogP contribution in [0, 0.1) is 0 Å². The van der Waals surface area contributed by atoms with Crippen molar-refractivity contribution in [2.24, 2.45) is 0 Å². The molecule has 2 aliphatic heterocycles. The van der Waals surface area contributed by atoms with Crippen LogP contribution < -0.4 is 0 Å². The molecule has 0 bridgehead atoms. The molecule has 0 N–H and O–H groups in total. The standard InChI is InChI=1S/C21H19NO4S/c1-21(13-23)19(22-16(24)12-17(22)27-21)20(25)26-18(14-8-4-2-5-9-14)15-10-6-3-7-11-15/h2-11,13,17-19H,12H2,1H3/t17-,19+,21-/m1/s1. The Bertz CT molecular complexity index is 833. The van der Waals surface area contributed by atoms with E-state index in [4.69, 9.17) is 4.74 Å². The molecule has 0 radical (unpaired) electrons. The summed E-state index contributed by atoms with van der Waals surface area (Å²) >= 11 is 1.36. The van der Waals surface area contributed by atoms with Crippen molar-refractivity contribution in [3.8, 4) is 0 Å². The van der Waals surface area contributed by atoms with Gasteiger partial charge < -0.3 is 14.4 Å². The lowest BCUT2D eigenvalue weighted by atomic mass is 9.97. The molecule has 2 fully saturated rings. The SMILES string of the molecule is C[C@]1(C=O)S[C@@H]2CC(=O)N2[C@H]1C(=O)OC(c1ccccc1)c1ccccc1. The third-order valence-corrected chi connectivity index (χ3v) is 6.55. The zero-order chi connectivity index (χ0) is 19.0. The van der Waals surface area contributed by atoms with Gasteiger partial charge in [0.2, 0.25) is 5.91 Å². The van der Waals surface area contributed by atoms with Crippen molar-refractivity contribution in [3.63, 3.8) is 0 Å². The highest BCUT2D eigenvalue weighted by atomic mass is 32.2. The summed E-state index contributed by atoms with van der Waals surface area (Å²) in [6.45, 7) is 1.70. The second-order valence-electron chi connectivity index (χ2n) is 6.92. The quantitative estimate of drug-likeness (QED) is 0.453. The molecule has 1 amide bonds. The molecule has 4 rings (SSSR count). The number of aldehydes is 1. The van der Waals surface area contributed by atoms with Gasteiger partial charge in [-0.15, -0.1) is 11.8 Å². The summed E-state index contributed by atoms with van der Waals surface area (Å²) in [4.78, 5) is 38.4. The van der Waals surface area contributed by atoms with E-state index < -0.39 is 22.9 Å². The van der Waals surface area contributed by atoms with Gasteiger partial charge in [0.15, 0.2) is 12.1 Å². The van der Waals surface area contributed by atoms with Crippen LogP contribution in [0.3, 0.4) is 0 Å². The average Bonchev–Trinajstić information content (AvgIpc) is 2.95. The number of hydrogen-bond donors (Lipinski definition) is 0. The van der Waals surface area contributed by atoms with E-state index in [1.807, 2.05) is 60.7 Å². The molecule has 2 aromatic carbocycles. The Hall–Kier alpha value is -2.60. The molecule has 0 saturated carbocycles. The van der Waals surface area contributed by atoms with Crippen LogP contribution in [0.15, 0.2) is 60.7 Å². The number of benzene rings is 2. The maximum Gasteiger partial charge on any atom is 0.331 e. The Kier molecular flexibility index (Phi) is 4.52. The number of carbonyl (C=O) groups excluding carboxylic acids is 3. The predicted octanol–water partition coefficient (Wildman–Crippen LogP) is 2.95. The van der Waals surface area contributed by atoms with Gasteiger partial charge in [-0.1, -0.05) is 60.7 Å². The summed E-state index contributed by atoms with van der Waals surface area (Å²) in [7, 11) is 0. The van der Waals surface area contributed by atoms with Crippen molar-refractivity contribution in [1.82, 2.24) is 4.90 Å². The fraction of sp³-hybridized carbons (Fsp3) is 0.286. The number of rotatable bonds is 5. The van der Waals surface area contributed by atoms with Crippen LogP contribution in [0.25, 0.3) is 0 Å². The van der Waals surface area contributed by atoms with E-state index in [0.717, 1.165) is 17.4 Å². The number of nitrogens with zero attached hydrogens (tertiary/aromatic N) is 1. The van der Waals surface area contributed by atoms with Crippen LogP contribution in [0.2, 0.25) is 0 Å². The minimum Gasteiger partial charge on any atom is -0.451 e. The van der Waals surface area contributed by atoms with Crippen LogP contribution in [0.5, 0.6) is 0 Å². The first-order valence-electron chi connectivity index (χ1n) is 8.79. The summed E-state index contributed by atoms with van der Waals surface area (Å²) in [6.07, 6.45) is 0.518. The Balaban J connectivity index is 1.66. The summed E-state index contributed by atoms with van der Waals surface area (Å²) in [6, 6.07) is 18.0. The third-order valence-electron chi connectivity index (χ3n) is 5.05. The zero-order valence-corrected chi connectivity index (χ0v) is 15.6. The molecule has 5 nitrogen and oxygen atoms in total. The molecule has 27 heavy (non-hydrogen) atoms. The molecule has 2 saturated heterocycles. The van der Waals surface area contributed by atoms with Crippen LogP contribution in [0.1, 0.15) is 30.6 Å². The molecular weight excluding hydrogens is 362 g/mol. The fourth-order valence-electron chi connectivity index (χ4n) is 3.65. The second kappa shape index (κ2) is 6.85. The topological polar surface area (TPSA) is 63.7 Å². The largest absolute Gasteiger partial charge is 0.451 e. The highest BCUT2D eigenvalue weighted by molar-refractivity contribution is 8.02. The molecule has 138 valence electrons. The van der Waals surface area contributed by atoms with Crippen molar-refractivity contribution < 1.29 is 19.1 Å². The lowest BCUT2D eigenvalue weighted by molar-refractivity contribution is -0.164. The summed E-state index contributed by atoms with van der Waals surface area (Å²) in [5.41, 5.74) is 1.67. The van der Waals surface area contributed by atoms with Crippen LogP contribution >= 0.6 is 11.8 Å². The maximum atomic E-state index is 13.1. The Morgan fingerprint density at radius 1 is 1.15 bits per heavy atom. The number of esters is 1. The number of ether oxygens (including phenoxy) is 1. The van der Waals surface area contributed by atoms with Gasteiger partial charge in [-0.05, 0) is 18.1 Å². The molecule has 0 spiro atoms. The molecular formula is C21H19NO4S. The highest BCUT2D eigenvalue weighted by Gasteiger charge is 2.61. The van der Waals surface area contributed by atoms with Crippen LogP contribution in [-0.4, -0.2) is 39.2 Å². The smallest absolute Gasteiger partial charge is 0.331 e. The highest BCUT2D eigenvalue weighted by Crippen LogP contribution is 2.50. The van der Waals surface area contributed by atoms with Gasteiger partial charge in [0.1, 0.15) is 11.0 Å². The van der Waals surface area contributed by atoms with Crippen molar-refractivity contribution in [2.45, 2.75) is 35.6 Å². The lowest BCUT2D eigenvalue weighted by Gasteiger charge is -2.37. The molecule has 6 heteroatoms. The van der Waals surface area contributed by atoms with Gasteiger partial charge in [-0.3, -0.25) is 4.79 Å². The Labute approximate surface area is 161 Å². The number of carbonyl (C=O) groups is 3. The van der Waals surface area contributed by atoms with E-state index in [-0.39, 0.29) is 11.3 Å². The monoisotopic (exact) mass is 381 g/mol. The van der Waals surface area contributed by atoms with Crippen molar-refractivity contribution >= 4 is 29.9 Å². The first-order chi connectivity index (χ1) is 13.0. The number of β-lactam (4-membered cyclic amide) rings is 1. The molecule has 0 aromatic heterocycles. The van der Waals surface area contributed by atoms with Crippen LogP contribution in [0.4, 0.5) is 0 Å². The number of fused-ring (bicyclic) bond motifs is 1. The fourth-order valence-corrected chi connectivity index (χ4v) is 5.21. The molecule has 2 aromatic rings. The van der Waals surface area contributed by atoms with Crippen molar-refractivity contribution in [2.75, 3.05) is 0 Å². The second-order valence-corrected chi connectivity index (χ2v) is 8.58. The lowest BCUT2D eigenvalue weighted by Crippen LogP contribution is -2.58. The molecule has 2 aliphatic rings. The third kappa shape index (κ3) is 3.04. The first-order valence-corrected chi connectivity index (χ1v) is 9.67. The summed E-state index contributed by atoms with van der Waals surface area (Å²) in [5.74, 6) is -0.665. The van der Waals surface area contributed by atoms with Gasteiger partial charge in [0.05, 0.1) is 11.8 Å². The van der Waals surface area contributed by atoms with Crippen molar-refractivity contribution in [1.29, 1.82) is 0 Å². The van der Waals surface area contributed by atoms with Gasteiger partial charge in [-0.25, -0.2) is 4.79 Å². The van der Waals surface area contributed by atoms with E-state index in [2.05, 4.69) is 0 Å². The molecule has 3 atom stereocenters. The zero-order valence-electron chi connectivity index (χ0n) is 14.8. The maximum absolute atomic E-state index is 13.1. The first kappa shape index (κ1) is 17.8. The van der Waals surface area contributed by atoms with Gasteiger partial charge in [-0.2, -0.15) is 0 Å². The average molecular weight is 381 g/mol. The number of amides is 1. The molecule has 0 unspecified atom stereocenters. The molecule has 2 heterocycles. The Morgan fingerprint density at radius 3 is 2.19 bits per heavy atom.